The summed E-state index contributed by atoms with van der Waals surface area (Å²) < 4.78 is 11.6. The first kappa shape index (κ1) is 26.5. The molecule has 0 aromatic carbocycles. The van der Waals surface area contributed by atoms with Crippen molar-refractivity contribution in [2.45, 2.75) is 84.5 Å². The molecular formula is C27H41NO6. The Hall–Kier alpha value is -2.15. The molecule has 1 fully saturated rings. The molecule has 7 heteroatoms. The van der Waals surface area contributed by atoms with Crippen LogP contribution in [-0.4, -0.2) is 60.3 Å². The molecular weight excluding hydrogens is 434 g/mol. The van der Waals surface area contributed by atoms with Gasteiger partial charge in [0.25, 0.3) is 0 Å². The number of allylic oxidation sites excluding steroid dienone is 3. The lowest BCUT2D eigenvalue weighted by Gasteiger charge is -2.44. The third-order valence-corrected chi connectivity index (χ3v) is 7.56. The fraction of sp³-hybridized carbons (Fsp3) is 0.741. The number of aliphatic hydroxyl groups excluding tert-OH is 1. The number of carbonyl (C=O) groups excluding carboxylic acids is 3. The van der Waals surface area contributed by atoms with Gasteiger partial charge in [-0.1, -0.05) is 32.1 Å². The molecule has 3 aliphatic rings. The molecule has 0 aromatic rings. The van der Waals surface area contributed by atoms with Crippen LogP contribution in [0.5, 0.6) is 0 Å². The molecule has 1 amide bonds. The summed E-state index contributed by atoms with van der Waals surface area (Å²) in [5.74, 6) is 0.0691. The highest BCUT2D eigenvalue weighted by Gasteiger charge is 2.44. The Morgan fingerprint density at radius 2 is 1.91 bits per heavy atom. The number of ether oxygens (including phenoxy) is 2. The first-order chi connectivity index (χ1) is 15.9. The van der Waals surface area contributed by atoms with Crippen LogP contribution in [0.25, 0.3) is 0 Å². The number of fused-ring (bicyclic) bond motifs is 1. The van der Waals surface area contributed by atoms with Gasteiger partial charge >= 0.3 is 11.9 Å². The third kappa shape index (κ3) is 6.29. The zero-order valence-electron chi connectivity index (χ0n) is 21.5. The van der Waals surface area contributed by atoms with Crippen LogP contribution >= 0.6 is 0 Å². The van der Waals surface area contributed by atoms with Crippen molar-refractivity contribution < 1.29 is 29.0 Å². The Balaban J connectivity index is 1.75. The number of hydrogen-bond acceptors (Lipinski definition) is 6. The van der Waals surface area contributed by atoms with Crippen LogP contribution in [-0.2, 0) is 23.9 Å². The monoisotopic (exact) mass is 475 g/mol. The van der Waals surface area contributed by atoms with E-state index in [1.807, 2.05) is 0 Å². The Labute approximate surface area is 203 Å². The van der Waals surface area contributed by atoms with Crippen molar-refractivity contribution in [1.29, 1.82) is 0 Å². The number of aliphatic hydroxyl groups is 1. The molecule has 7 atom stereocenters. The third-order valence-electron chi connectivity index (χ3n) is 7.56. The van der Waals surface area contributed by atoms with Gasteiger partial charge < -0.3 is 19.5 Å². The van der Waals surface area contributed by atoms with E-state index in [1.165, 1.54) is 10.5 Å². The topological polar surface area (TPSA) is 93.1 Å². The Kier molecular flexibility index (Phi) is 8.27. The van der Waals surface area contributed by atoms with Gasteiger partial charge in [0.15, 0.2) is 0 Å². The predicted molar refractivity (Wildman–Crippen MR) is 128 cm³/mol. The van der Waals surface area contributed by atoms with Crippen LogP contribution in [0.1, 0.15) is 66.2 Å². The van der Waals surface area contributed by atoms with E-state index in [9.17, 15) is 19.5 Å². The molecule has 7 nitrogen and oxygen atoms in total. The zero-order chi connectivity index (χ0) is 25.2. The van der Waals surface area contributed by atoms with Gasteiger partial charge in [0.1, 0.15) is 12.2 Å². The van der Waals surface area contributed by atoms with Crippen LogP contribution in [0, 0.1) is 29.1 Å². The lowest BCUT2D eigenvalue weighted by atomic mass is 9.65. The van der Waals surface area contributed by atoms with Gasteiger partial charge in [-0.2, -0.15) is 0 Å². The maximum atomic E-state index is 13.2. The summed E-state index contributed by atoms with van der Waals surface area (Å²) in [4.78, 5) is 38.7. The van der Waals surface area contributed by atoms with Crippen LogP contribution in [0.15, 0.2) is 23.8 Å². The number of hydrogen-bond donors (Lipinski definition) is 1. The molecule has 0 radical (unpaired) electrons. The predicted octanol–water partition coefficient (Wildman–Crippen LogP) is 3.65. The largest absolute Gasteiger partial charge is 0.462 e. The first-order valence-corrected chi connectivity index (χ1v) is 12.6. The van der Waals surface area contributed by atoms with Gasteiger partial charge in [0.05, 0.1) is 17.9 Å². The van der Waals surface area contributed by atoms with Crippen LogP contribution < -0.4 is 0 Å². The zero-order valence-corrected chi connectivity index (χ0v) is 21.5. The van der Waals surface area contributed by atoms with Crippen molar-refractivity contribution in [2.24, 2.45) is 29.1 Å². The number of amides is 1. The van der Waals surface area contributed by atoms with E-state index < -0.39 is 11.5 Å². The number of cyclic esters (lactones) is 1. The minimum Gasteiger partial charge on any atom is -0.462 e. The molecule has 190 valence electrons. The standard InChI is InChI=1S/C27H41NO6/c1-16-11-18-8-7-17(2)21(10-9-20-13-19(29)14-24(31)33-20)25(18)22(12-16)34-26(32)27(3,4)15-23(30)28(5)6/h7-8,11,16-17,19-22,25,29H,9-10,12-15H2,1-6H3/t16-,17-,19+,20+,21-,22-,25-/m0/s1. The molecule has 0 unspecified atom stereocenters. The molecule has 3 rings (SSSR count). The van der Waals surface area contributed by atoms with Crippen molar-refractivity contribution in [1.82, 2.24) is 4.90 Å². The summed E-state index contributed by atoms with van der Waals surface area (Å²) in [5, 5.41) is 9.96. The smallest absolute Gasteiger partial charge is 0.312 e. The van der Waals surface area contributed by atoms with E-state index in [0.717, 1.165) is 12.8 Å². The second-order valence-corrected chi connectivity index (χ2v) is 11.4. The van der Waals surface area contributed by atoms with E-state index in [1.54, 1.807) is 27.9 Å². The van der Waals surface area contributed by atoms with Crippen molar-refractivity contribution >= 4 is 17.8 Å². The lowest BCUT2D eigenvalue weighted by Crippen LogP contribution is -2.44. The molecule has 0 aromatic heterocycles. The van der Waals surface area contributed by atoms with E-state index in [2.05, 4.69) is 32.1 Å². The van der Waals surface area contributed by atoms with E-state index in [-0.39, 0.29) is 66.6 Å². The van der Waals surface area contributed by atoms with Crippen molar-refractivity contribution in [3.63, 3.8) is 0 Å². The molecule has 1 N–H and O–H groups in total. The quantitative estimate of drug-likeness (QED) is 0.565. The van der Waals surface area contributed by atoms with E-state index in [0.29, 0.717) is 12.8 Å². The average molecular weight is 476 g/mol. The maximum absolute atomic E-state index is 13.2. The first-order valence-electron chi connectivity index (χ1n) is 12.6. The molecule has 0 saturated carbocycles. The molecule has 2 aliphatic carbocycles. The highest BCUT2D eigenvalue weighted by Crippen LogP contribution is 2.45. The number of nitrogens with zero attached hydrogens (tertiary/aromatic N) is 1. The Morgan fingerprint density at radius 1 is 1.21 bits per heavy atom. The molecule has 34 heavy (non-hydrogen) atoms. The molecule has 1 aliphatic heterocycles. The van der Waals surface area contributed by atoms with E-state index >= 15 is 0 Å². The lowest BCUT2D eigenvalue weighted by molar-refractivity contribution is -0.167. The Morgan fingerprint density at radius 3 is 2.56 bits per heavy atom. The summed E-state index contributed by atoms with van der Waals surface area (Å²) in [7, 11) is 3.37. The van der Waals surface area contributed by atoms with Crippen LogP contribution in [0.2, 0.25) is 0 Å². The second-order valence-electron chi connectivity index (χ2n) is 11.4. The number of esters is 2. The van der Waals surface area contributed by atoms with Gasteiger partial charge in [-0.3, -0.25) is 14.4 Å². The van der Waals surface area contributed by atoms with Gasteiger partial charge in [0, 0.05) is 32.9 Å². The fourth-order valence-corrected chi connectivity index (χ4v) is 5.54. The maximum Gasteiger partial charge on any atom is 0.312 e. The van der Waals surface area contributed by atoms with Gasteiger partial charge in [-0.05, 0) is 56.4 Å². The molecule has 1 saturated heterocycles. The van der Waals surface area contributed by atoms with Gasteiger partial charge in [-0.15, -0.1) is 0 Å². The average Bonchev–Trinajstić information content (AvgIpc) is 2.72. The SMILES string of the molecule is C[C@H]1C=C2C=C[C@H](C)[C@H](CC[C@@H]3C[C@@H](O)CC(=O)O3)[C@H]2[C@@H](OC(=O)C(C)(C)CC(=O)N(C)C)C1. The number of carbonyl (C=O) groups is 3. The summed E-state index contributed by atoms with van der Waals surface area (Å²) in [5.41, 5.74) is 0.284. The van der Waals surface area contributed by atoms with Crippen LogP contribution in [0.4, 0.5) is 0 Å². The summed E-state index contributed by atoms with van der Waals surface area (Å²) >= 11 is 0. The highest BCUT2D eigenvalue weighted by molar-refractivity contribution is 5.85. The van der Waals surface area contributed by atoms with E-state index in [4.69, 9.17) is 9.47 Å². The number of rotatable bonds is 7. The van der Waals surface area contributed by atoms with Gasteiger partial charge in [-0.25, -0.2) is 0 Å². The van der Waals surface area contributed by atoms with Crippen molar-refractivity contribution in [3.05, 3.63) is 23.8 Å². The molecule has 0 bridgehead atoms. The summed E-state index contributed by atoms with van der Waals surface area (Å²) in [6.45, 7) is 7.84. The van der Waals surface area contributed by atoms with Crippen LogP contribution in [0.3, 0.4) is 0 Å². The van der Waals surface area contributed by atoms with Crippen molar-refractivity contribution in [3.8, 4) is 0 Å². The normalized spacial score (nSPS) is 33.4. The van der Waals surface area contributed by atoms with Crippen molar-refractivity contribution in [2.75, 3.05) is 14.1 Å². The fourth-order valence-electron chi connectivity index (χ4n) is 5.54. The summed E-state index contributed by atoms with van der Waals surface area (Å²) in [6.07, 6.45) is 8.33. The summed E-state index contributed by atoms with van der Waals surface area (Å²) in [6, 6.07) is 0. The Bertz CT molecular complexity index is 844. The molecule has 0 spiro atoms. The minimum absolute atomic E-state index is 0.0599. The van der Waals surface area contributed by atoms with Gasteiger partial charge in [0.2, 0.25) is 5.91 Å². The minimum atomic E-state index is -0.913. The second kappa shape index (κ2) is 10.6. The molecule has 1 heterocycles. The highest BCUT2D eigenvalue weighted by atomic mass is 16.6.